The Morgan fingerprint density at radius 1 is 1.42 bits per heavy atom. The minimum Gasteiger partial charge on any atom is -0.354 e. The van der Waals surface area contributed by atoms with Crippen molar-refractivity contribution in [2.45, 2.75) is 18.1 Å². The molecule has 1 aromatic carbocycles. The minimum absolute atomic E-state index is 0.271. The fraction of sp³-hybridized carbons (Fsp3) is 0.462. The molecule has 1 aliphatic rings. The number of nitrogens with zero attached hydrogens (tertiary/aromatic N) is 2. The standard InChI is InChI=1S/C13H17N3O2S/c1-16-12-7-3-2-6-11(12)15-13(16)14-9-10-5-4-8-19(10,17)18/h2-3,6-7,10H,4-5,8-9H2,1H3,(H,14,15). The third kappa shape index (κ3) is 2.20. The molecule has 102 valence electrons. The van der Waals surface area contributed by atoms with E-state index in [1.165, 1.54) is 0 Å². The number of hydrogen-bond acceptors (Lipinski definition) is 4. The summed E-state index contributed by atoms with van der Waals surface area (Å²) in [5.74, 6) is 1.05. The van der Waals surface area contributed by atoms with Crippen LogP contribution in [0, 0.1) is 0 Å². The molecule has 0 spiro atoms. The second-order valence-electron chi connectivity index (χ2n) is 5.00. The average molecular weight is 279 g/mol. The Kier molecular flexibility index (Phi) is 2.97. The van der Waals surface area contributed by atoms with Gasteiger partial charge in [0, 0.05) is 13.6 Å². The first-order valence-electron chi connectivity index (χ1n) is 6.45. The van der Waals surface area contributed by atoms with Crippen molar-refractivity contribution < 1.29 is 8.42 Å². The molecule has 3 rings (SSSR count). The van der Waals surface area contributed by atoms with E-state index in [2.05, 4.69) is 10.3 Å². The van der Waals surface area contributed by atoms with Crippen LogP contribution in [0.4, 0.5) is 5.95 Å². The van der Waals surface area contributed by atoms with Gasteiger partial charge in [-0.2, -0.15) is 0 Å². The summed E-state index contributed by atoms with van der Waals surface area (Å²) in [7, 11) is -0.968. The number of hydrogen-bond donors (Lipinski definition) is 1. The van der Waals surface area contributed by atoms with Gasteiger partial charge in [0.05, 0.1) is 22.0 Å². The van der Waals surface area contributed by atoms with Gasteiger partial charge in [0.1, 0.15) is 0 Å². The molecule has 0 radical (unpaired) electrons. The number of rotatable bonds is 3. The van der Waals surface area contributed by atoms with Crippen LogP contribution in [0.1, 0.15) is 12.8 Å². The van der Waals surface area contributed by atoms with E-state index in [9.17, 15) is 8.42 Å². The number of fused-ring (bicyclic) bond motifs is 1. The summed E-state index contributed by atoms with van der Waals surface area (Å²) in [5, 5.41) is 2.90. The largest absolute Gasteiger partial charge is 0.354 e. The van der Waals surface area contributed by atoms with Gasteiger partial charge in [-0.25, -0.2) is 13.4 Å². The molecule has 1 unspecified atom stereocenters. The van der Waals surface area contributed by atoms with E-state index < -0.39 is 9.84 Å². The van der Waals surface area contributed by atoms with Gasteiger partial charge in [-0.1, -0.05) is 12.1 Å². The quantitative estimate of drug-likeness (QED) is 0.926. The maximum absolute atomic E-state index is 11.8. The summed E-state index contributed by atoms with van der Waals surface area (Å²) in [5.41, 5.74) is 1.96. The number of anilines is 1. The number of aromatic nitrogens is 2. The molecule has 0 amide bonds. The predicted molar refractivity (Wildman–Crippen MR) is 76.0 cm³/mol. The number of benzene rings is 1. The van der Waals surface area contributed by atoms with E-state index >= 15 is 0 Å². The Balaban J connectivity index is 1.81. The topological polar surface area (TPSA) is 64.0 Å². The molecule has 0 bridgehead atoms. The molecule has 1 atom stereocenters. The summed E-state index contributed by atoms with van der Waals surface area (Å²) >= 11 is 0. The minimum atomic E-state index is -2.90. The summed E-state index contributed by atoms with van der Waals surface area (Å²) in [6.45, 7) is 0.444. The number of aryl methyl sites for hydroxylation is 1. The van der Waals surface area contributed by atoms with Crippen molar-refractivity contribution in [2.75, 3.05) is 17.6 Å². The smallest absolute Gasteiger partial charge is 0.203 e. The zero-order valence-electron chi connectivity index (χ0n) is 10.8. The third-order valence-electron chi connectivity index (χ3n) is 3.74. The number of nitrogens with one attached hydrogen (secondary N) is 1. The Bertz CT molecular complexity index is 706. The molecule has 1 aromatic heterocycles. The second-order valence-corrected chi connectivity index (χ2v) is 7.40. The monoisotopic (exact) mass is 279 g/mol. The Labute approximate surface area is 112 Å². The molecular formula is C13H17N3O2S. The number of sulfone groups is 1. The molecule has 19 heavy (non-hydrogen) atoms. The molecule has 6 heteroatoms. The van der Waals surface area contributed by atoms with Crippen LogP contribution in [0.15, 0.2) is 24.3 Å². The van der Waals surface area contributed by atoms with E-state index in [4.69, 9.17) is 0 Å². The molecular weight excluding hydrogens is 262 g/mol. The summed E-state index contributed by atoms with van der Waals surface area (Å²) < 4.78 is 25.5. The maximum Gasteiger partial charge on any atom is 0.203 e. The van der Waals surface area contributed by atoms with Gasteiger partial charge in [0.15, 0.2) is 9.84 Å². The van der Waals surface area contributed by atoms with Gasteiger partial charge in [-0.3, -0.25) is 0 Å². The van der Waals surface area contributed by atoms with Crippen LogP contribution in [0.3, 0.4) is 0 Å². The number of imidazole rings is 1. The summed E-state index contributed by atoms with van der Waals surface area (Å²) in [4.78, 5) is 4.48. The molecule has 1 aliphatic heterocycles. The number of para-hydroxylation sites is 2. The van der Waals surface area contributed by atoms with E-state index in [-0.39, 0.29) is 5.25 Å². The summed E-state index contributed by atoms with van der Waals surface area (Å²) in [6, 6.07) is 7.86. The van der Waals surface area contributed by atoms with E-state index in [0.717, 1.165) is 29.8 Å². The van der Waals surface area contributed by atoms with Crippen LogP contribution in [0.25, 0.3) is 11.0 Å². The normalized spacial score (nSPS) is 21.8. The fourth-order valence-electron chi connectivity index (χ4n) is 2.60. The summed E-state index contributed by atoms with van der Waals surface area (Å²) in [6.07, 6.45) is 1.52. The van der Waals surface area contributed by atoms with Crippen LogP contribution in [-0.4, -0.2) is 35.5 Å². The van der Waals surface area contributed by atoms with Crippen molar-refractivity contribution in [1.82, 2.24) is 9.55 Å². The fourth-order valence-corrected chi connectivity index (χ4v) is 4.36. The zero-order valence-corrected chi connectivity index (χ0v) is 11.7. The first-order chi connectivity index (χ1) is 9.08. The third-order valence-corrected chi connectivity index (χ3v) is 6.01. The SMILES string of the molecule is Cn1c(NCC2CCCS2(=O)=O)nc2ccccc21. The molecule has 0 saturated carbocycles. The lowest BCUT2D eigenvalue weighted by Crippen LogP contribution is -2.25. The second kappa shape index (κ2) is 4.52. The molecule has 2 aromatic rings. The lowest BCUT2D eigenvalue weighted by Gasteiger charge is -2.11. The van der Waals surface area contributed by atoms with Crippen molar-refractivity contribution in [3.05, 3.63) is 24.3 Å². The highest BCUT2D eigenvalue weighted by atomic mass is 32.2. The van der Waals surface area contributed by atoms with Crippen LogP contribution in [0.2, 0.25) is 0 Å². The van der Waals surface area contributed by atoms with Gasteiger partial charge < -0.3 is 9.88 Å². The molecule has 5 nitrogen and oxygen atoms in total. The van der Waals surface area contributed by atoms with Crippen LogP contribution < -0.4 is 5.32 Å². The van der Waals surface area contributed by atoms with Crippen molar-refractivity contribution in [3.8, 4) is 0 Å². The van der Waals surface area contributed by atoms with Gasteiger partial charge in [-0.15, -0.1) is 0 Å². The average Bonchev–Trinajstić information content (AvgIpc) is 2.88. The van der Waals surface area contributed by atoms with Gasteiger partial charge >= 0.3 is 0 Å². The first kappa shape index (κ1) is 12.5. The van der Waals surface area contributed by atoms with Gasteiger partial charge in [0.2, 0.25) is 5.95 Å². The van der Waals surface area contributed by atoms with Gasteiger partial charge in [0.25, 0.3) is 0 Å². The van der Waals surface area contributed by atoms with E-state index in [1.807, 2.05) is 35.9 Å². The highest BCUT2D eigenvalue weighted by Crippen LogP contribution is 2.22. The highest BCUT2D eigenvalue weighted by molar-refractivity contribution is 7.92. The molecule has 1 N–H and O–H groups in total. The zero-order chi connectivity index (χ0) is 13.5. The van der Waals surface area contributed by atoms with Crippen LogP contribution in [0.5, 0.6) is 0 Å². The van der Waals surface area contributed by atoms with Crippen LogP contribution >= 0.6 is 0 Å². The van der Waals surface area contributed by atoms with Crippen molar-refractivity contribution in [2.24, 2.45) is 7.05 Å². The molecule has 1 saturated heterocycles. The van der Waals surface area contributed by atoms with E-state index in [0.29, 0.717) is 12.3 Å². The highest BCUT2D eigenvalue weighted by Gasteiger charge is 2.31. The maximum atomic E-state index is 11.8. The predicted octanol–water partition coefficient (Wildman–Crippen LogP) is 1.56. The Morgan fingerprint density at radius 3 is 2.89 bits per heavy atom. The first-order valence-corrected chi connectivity index (χ1v) is 8.16. The Morgan fingerprint density at radius 2 is 2.21 bits per heavy atom. The van der Waals surface area contributed by atoms with Crippen LogP contribution in [-0.2, 0) is 16.9 Å². The lowest BCUT2D eigenvalue weighted by molar-refractivity contribution is 0.591. The van der Waals surface area contributed by atoms with Crippen molar-refractivity contribution in [1.29, 1.82) is 0 Å². The van der Waals surface area contributed by atoms with Gasteiger partial charge in [-0.05, 0) is 25.0 Å². The van der Waals surface area contributed by atoms with Crippen molar-refractivity contribution >= 4 is 26.8 Å². The Hall–Kier alpha value is -1.56. The lowest BCUT2D eigenvalue weighted by atomic mass is 10.2. The molecule has 1 fully saturated rings. The molecule has 2 heterocycles. The van der Waals surface area contributed by atoms with E-state index in [1.54, 1.807) is 0 Å². The molecule has 0 aliphatic carbocycles. The van der Waals surface area contributed by atoms with Crippen molar-refractivity contribution in [3.63, 3.8) is 0 Å².